The van der Waals surface area contributed by atoms with Crippen LogP contribution in [-0.2, 0) is 6.54 Å². The van der Waals surface area contributed by atoms with Crippen molar-refractivity contribution in [2.45, 2.75) is 6.54 Å². The summed E-state index contributed by atoms with van der Waals surface area (Å²) in [6.07, 6.45) is 2.66. The summed E-state index contributed by atoms with van der Waals surface area (Å²) in [5.41, 5.74) is -0.298. The number of Topliss-reactive ketones (excluding diaryl/α,β-unsaturated/α-hetero) is 1. The summed E-state index contributed by atoms with van der Waals surface area (Å²) in [4.78, 5) is 37.7. The van der Waals surface area contributed by atoms with Crippen molar-refractivity contribution in [3.05, 3.63) is 66.4 Å². The van der Waals surface area contributed by atoms with Crippen LogP contribution in [0.5, 0.6) is 0 Å². The molecule has 2 aromatic rings. The maximum absolute atomic E-state index is 12.0. The van der Waals surface area contributed by atoms with Crippen LogP contribution in [0.25, 0.3) is 0 Å². The molecule has 0 bridgehead atoms. The maximum Gasteiger partial charge on any atom is 0.270 e. The molecule has 0 aliphatic rings. The number of rotatable bonds is 4. The molecule has 8 heteroatoms. The van der Waals surface area contributed by atoms with Crippen molar-refractivity contribution < 1.29 is 9.72 Å². The van der Waals surface area contributed by atoms with Gasteiger partial charge < -0.3 is 0 Å². The summed E-state index contributed by atoms with van der Waals surface area (Å²) < 4.78 is 1.57. The Morgan fingerprint density at radius 1 is 1.45 bits per heavy atom. The summed E-state index contributed by atoms with van der Waals surface area (Å²) in [7, 11) is 0. The fourth-order valence-corrected chi connectivity index (χ4v) is 2.05. The van der Waals surface area contributed by atoms with E-state index in [4.69, 9.17) is 0 Å². The van der Waals surface area contributed by atoms with Crippen LogP contribution in [0.1, 0.15) is 10.4 Å². The molecule has 0 aliphatic heterocycles. The lowest BCUT2D eigenvalue weighted by atomic mass is 10.1. The Balaban J connectivity index is 2.29. The zero-order chi connectivity index (χ0) is 14.7. The second-order valence-electron chi connectivity index (χ2n) is 3.91. The molecule has 102 valence electrons. The van der Waals surface area contributed by atoms with Crippen molar-refractivity contribution in [2.24, 2.45) is 0 Å². The Morgan fingerprint density at radius 3 is 2.90 bits per heavy atom. The zero-order valence-corrected chi connectivity index (χ0v) is 12.2. The highest BCUT2D eigenvalue weighted by Gasteiger charge is 2.13. The Morgan fingerprint density at radius 2 is 2.20 bits per heavy atom. The van der Waals surface area contributed by atoms with Crippen LogP contribution >= 0.6 is 22.6 Å². The van der Waals surface area contributed by atoms with Crippen molar-refractivity contribution in [3.8, 4) is 0 Å². The number of hydrogen-bond acceptors (Lipinski definition) is 5. The van der Waals surface area contributed by atoms with E-state index >= 15 is 0 Å². The molecule has 0 fully saturated rings. The van der Waals surface area contributed by atoms with Gasteiger partial charge in [0.25, 0.3) is 11.2 Å². The lowest BCUT2D eigenvalue weighted by molar-refractivity contribution is -0.384. The number of non-ortho nitro benzene ring substituents is 1. The molecule has 0 N–H and O–H groups in total. The van der Waals surface area contributed by atoms with Gasteiger partial charge in [-0.05, 0) is 22.6 Å². The number of benzene rings is 1. The zero-order valence-electron chi connectivity index (χ0n) is 10.0. The van der Waals surface area contributed by atoms with E-state index in [1.54, 1.807) is 0 Å². The third-order valence-electron chi connectivity index (χ3n) is 2.55. The van der Waals surface area contributed by atoms with E-state index in [-0.39, 0.29) is 29.1 Å². The number of carbonyl (C=O) groups excluding carboxylic acids is 1. The largest absolute Gasteiger partial charge is 0.292 e. The molecular formula is C12H8IN3O4. The molecule has 0 saturated carbocycles. The normalized spacial score (nSPS) is 10.2. The van der Waals surface area contributed by atoms with E-state index in [2.05, 4.69) is 4.98 Å². The van der Waals surface area contributed by atoms with Gasteiger partial charge in [-0.3, -0.25) is 24.3 Å². The molecule has 1 aromatic carbocycles. The minimum absolute atomic E-state index is 0.163. The minimum Gasteiger partial charge on any atom is -0.292 e. The number of aromatic nitrogens is 2. The summed E-state index contributed by atoms with van der Waals surface area (Å²) in [6, 6.07) is 5.40. The quantitative estimate of drug-likeness (QED) is 0.345. The van der Waals surface area contributed by atoms with Crippen LogP contribution in [0.3, 0.4) is 0 Å². The van der Waals surface area contributed by atoms with E-state index < -0.39 is 4.92 Å². The number of nitro groups is 1. The predicted octanol–water partition coefficient (Wildman–Crippen LogP) is 1.64. The fraction of sp³-hybridized carbons (Fsp3) is 0.0833. The SMILES string of the molecule is O=C(Cn1cncc(I)c1=O)c1cccc([N+](=O)[O-])c1. The van der Waals surface area contributed by atoms with Crippen molar-refractivity contribution in [2.75, 3.05) is 0 Å². The fourth-order valence-electron chi connectivity index (χ4n) is 1.58. The number of hydrogen-bond donors (Lipinski definition) is 0. The molecule has 0 aliphatic carbocycles. The monoisotopic (exact) mass is 385 g/mol. The van der Waals surface area contributed by atoms with Gasteiger partial charge in [0, 0.05) is 23.9 Å². The number of carbonyl (C=O) groups is 1. The average molecular weight is 385 g/mol. The van der Waals surface area contributed by atoms with Gasteiger partial charge in [-0.15, -0.1) is 0 Å². The highest BCUT2D eigenvalue weighted by atomic mass is 127. The highest BCUT2D eigenvalue weighted by molar-refractivity contribution is 14.1. The lowest BCUT2D eigenvalue weighted by Crippen LogP contribution is -2.26. The lowest BCUT2D eigenvalue weighted by Gasteiger charge is -2.04. The first-order valence-electron chi connectivity index (χ1n) is 5.46. The van der Waals surface area contributed by atoms with Gasteiger partial charge in [0.05, 0.1) is 21.4 Å². The first-order valence-corrected chi connectivity index (χ1v) is 6.54. The molecular weight excluding hydrogens is 377 g/mol. The number of halogens is 1. The Bertz CT molecular complexity index is 741. The summed E-state index contributed by atoms with van der Waals surface area (Å²) >= 11 is 1.83. The van der Waals surface area contributed by atoms with Crippen molar-refractivity contribution in [1.29, 1.82) is 0 Å². The average Bonchev–Trinajstić information content (AvgIpc) is 2.44. The van der Waals surface area contributed by atoms with Crippen molar-refractivity contribution in [3.63, 3.8) is 0 Å². The summed E-state index contributed by atoms with van der Waals surface area (Å²) in [5, 5.41) is 10.7. The van der Waals surface area contributed by atoms with Crippen LogP contribution in [0.4, 0.5) is 5.69 Å². The van der Waals surface area contributed by atoms with E-state index in [1.807, 2.05) is 22.6 Å². The molecule has 0 atom stereocenters. The highest BCUT2D eigenvalue weighted by Crippen LogP contribution is 2.13. The van der Waals surface area contributed by atoms with Gasteiger partial charge in [-0.2, -0.15) is 0 Å². The standard InChI is InChI=1S/C12H8IN3O4/c13-10-5-14-7-15(12(10)18)6-11(17)8-2-1-3-9(4-8)16(19)20/h1-5,7H,6H2. The van der Waals surface area contributed by atoms with E-state index in [0.29, 0.717) is 3.57 Å². The Labute approximate surface area is 126 Å². The summed E-state index contributed by atoms with van der Waals surface area (Å²) in [5.74, 6) is -0.389. The third kappa shape index (κ3) is 3.07. The van der Waals surface area contributed by atoms with Crippen molar-refractivity contribution >= 4 is 34.1 Å². The number of nitrogens with zero attached hydrogens (tertiary/aromatic N) is 3. The van der Waals surface area contributed by atoms with E-state index in [9.17, 15) is 19.7 Å². The van der Waals surface area contributed by atoms with Crippen LogP contribution in [-0.4, -0.2) is 20.3 Å². The number of ketones is 1. The van der Waals surface area contributed by atoms with Gasteiger partial charge in [0.15, 0.2) is 5.78 Å². The molecule has 0 unspecified atom stereocenters. The van der Waals surface area contributed by atoms with Crippen molar-refractivity contribution in [1.82, 2.24) is 9.55 Å². The van der Waals surface area contributed by atoms with Gasteiger partial charge in [-0.1, -0.05) is 12.1 Å². The molecule has 1 heterocycles. The number of nitro benzene ring substituents is 1. The predicted molar refractivity (Wildman–Crippen MR) is 78.6 cm³/mol. The summed E-state index contributed by atoms with van der Waals surface area (Å²) in [6.45, 7) is -0.205. The second-order valence-corrected chi connectivity index (χ2v) is 5.07. The Kier molecular flexibility index (Phi) is 4.23. The molecule has 20 heavy (non-hydrogen) atoms. The second kappa shape index (κ2) is 5.90. The minimum atomic E-state index is -0.573. The van der Waals surface area contributed by atoms with Gasteiger partial charge in [-0.25, -0.2) is 4.98 Å². The van der Waals surface area contributed by atoms with Gasteiger partial charge in [0.1, 0.15) is 0 Å². The smallest absolute Gasteiger partial charge is 0.270 e. The maximum atomic E-state index is 12.0. The first-order chi connectivity index (χ1) is 9.49. The molecule has 0 spiro atoms. The van der Waals surface area contributed by atoms with Gasteiger partial charge in [0.2, 0.25) is 0 Å². The third-order valence-corrected chi connectivity index (χ3v) is 3.29. The van der Waals surface area contributed by atoms with E-state index in [0.717, 1.165) is 0 Å². The molecule has 0 radical (unpaired) electrons. The van der Waals surface area contributed by atoms with Crippen LogP contribution in [0, 0.1) is 13.7 Å². The van der Waals surface area contributed by atoms with E-state index in [1.165, 1.54) is 41.4 Å². The molecule has 1 aromatic heterocycles. The molecule has 2 rings (SSSR count). The van der Waals surface area contributed by atoms with Crippen LogP contribution in [0.15, 0.2) is 41.6 Å². The molecule has 7 nitrogen and oxygen atoms in total. The first kappa shape index (κ1) is 14.3. The van der Waals surface area contributed by atoms with Crippen LogP contribution < -0.4 is 5.56 Å². The van der Waals surface area contributed by atoms with Crippen LogP contribution in [0.2, 0.25) is 0 Å². The molecule has 0 saturated heterocycles. The topological polar surface area (TPSA) is 95.1 Å². The van der Waals surface area contributed by atoms with Gasteiger partial charge >= 0.3 is 0 Å². The molecule has 0 amide bonds. The Hall–Kier alpha value is -2.10.